The number of fused-ring (bicyclic) bond motifs is 2. The van der Waals surface area contributed by atoms with Crippen LogP contribution < -0.4 is 16.0 Å². The zero-order valence-electron chi connectivity index (χ0n) is 13.9. The first-order valence-electron chi connectivity index (χ1n) is 9.09. The fraction of sp³-hybridized carbons (Fsp3) is 0.579. The third-order valence-corrected chi connectivity index (χ3v) is 5.95. The highest BCUT2D eigenvalue weighted by atomic mass is 16.2. The van der Waals surface area contributed by atoms with Crippen molar-refractivity contribution in [3.8, 4) is 0 Å². The van der Waals surface area contributed by atoms with Crippen molar-refractivity contribution in [3.05, 3.63) is 35.4 Å². The molecule has 1 spiro atoms. The zero-order chi connectivity index (χ0) is 16.6. The van der Waals surface area contributed by atoms with E-state index in [2.05, 4.69) is 40.2 Å². The molecule has 2 aliphatic carbocycles. The van der Waals surface area contributed by atoms with E-state index in [-0.39, 0.29) is 23.4 Å². The minimum atomic E-state index is -0.387. The van der Waals surface area contributed by atoms with Crippen LogP contribution in [0.3, 0.4) is 0 Å². The van der Waals surface area contributed by atoms with E-state index >= 15 is 0 Å². The molecule has 1 aliphatic heterocycles. The Hall–Kier alpha value is -2.04. The lowest BCUT2D eigenvalue weighted by Crippen LogP contribution is -2.53. The van der Waals surface area contributed by atoms with Gasteiger partial charge in [-0.15, -0.1) is 0 Å². The van der Waals surface area contributed by atoms with Crippen LogP contribution in [0.1, 0.15) is 43.2 Å². The maximum absolute atomic E-state index is 12.1. The van der Waals surface area contributed by atoms with Gasteiger partial charge < -0.3 is 16.0 Å². The van der Waals surface area contributed by atoms with Crippen LogP contribution in [0, 0.1) is 5.92 Å². The summed E-state index contributed by atoms with van der Waals surface area (Å²) >= 11 is 0. The second kappa shape index (κ2) is 6.11. The van der Waals surface area contributed by atoms with Gasteiger partial charge in [-0.2, -0.15) is 0 Å². The van der Waals surface area contributed by atoms with Crippen molar-refractivity contribution in [1.29, 1.82) is 0 Å². The average Bonchev–Trinajstić information content (AvgIpc) is 3.29. The van der Waals surface area contributed by atoms with Crippen LogP contribution in [-0.2, 0) is 16.6 Å². The van der Waals surface area contributed by atoms with Gasteiger partial charge in [0.2, 0.25) is 5.91 Å². The van der Waals surface area contributed by atoms with E-state index in [1.54, 1.807) is 0 Å². The molecule has 2 fully saturated rings. The smallest absolute Gasteiger partial charge is 0.315 e. The molecule has 0 bridgehead atoms. The molecule has 3 unspecified atom stereocenters. The summed E-state index contributed by atoms with van der Waals surface area (Å²) in [6, 6.07) is 8.15. The second-order valence-electron chi connectivity index (χ2n) is 7.41. The van der Waals surface area contributed by atoms with Gasteiger partial charge in [0.05, 0.1) is 0 Å². The topological polar surface area (TPSA) is 70.2 Å². The lowest BCUT2D eigenvalue weighted by molar-refractivity contribution is -0.124. The molecule has 128 valence electrons. The van der Waals surface area contributed by atoms with Crippen molar-refractivity contribution < 1.29 is 9.59 Å². The molecule has 5 heteroatoms. The van der Waals surface area contributed by atoms with Crippen LogP contribution in [0.4, 0.5) is 4.79 Å². The molecule has 1 heterocycles. The lowest BCUT2D eigenvalue weighted by atomic mass is 9.78. The molecule has 5 nitrogen and oxygen atoms in total. The van der Waals surface area contributed by atoms with Crippen LogP contribution in [-0.4, -0.2) is 31.1 Å². The quantitative estimate of drug-likeness (QED) is 0.793. The summed E-state index contributed by atoms with van der Waals surface area (Å²) in [6.45, 7) is 1.40. The van der Waals surface area contributed by atoms with Crippen molar-refractivity contribution in [3.63, 3.8) is 0 Å². The molecule has 1 aromatic rings. The van der Waals surface area contributed by atoms with Gasteiger partial charge in [-0.3, -0.25) is 4.79 Å². The van der Waals surface area contributed by atoms with Gasteiger partial charge >= 0.3 is 6.03 Å². The van der Waals surface area contributed by atoms with Gasteiger partial charge in [0.25, 0.3) is 0 Å². The van der Waals surface area contributed by atoms with E-state index in [0.717, 1.165) is 19.3 Å². The fourth-order valence-electron chi connectivity index (χ4n) is 4.57. The standard InChI is InChI=1S/C19H25N3O2/c23-17-16(8-4-10-20-17)22-18(24)21-12-14-11-19(14)9-3-6-13-5-1-2-7-15(13)19/h1-2,5,7,14,16H,3-4,6,8-12H2,(H,20,23)(H2,21,22,24). The SMILES string of the molecule is O=C(NCC1CC12CCCc1ccccc12)NC1CCCNC1=O. The molecular formula is C19H25N3O2. The number of urea groups is 1. The van der Waals surface area contributed by atoms with E-state index < -0.39 is 0 Å². The van der Waals surface area contributed by atoms with E-state index in [0.29, 0.717) is 19.0 Å². The van der Waals surface area contributed by atoms with Gasteiger partial charge in [0.15, 0.2) is 0 Å². The molecule has 0 aromatic heterocycles. The van der Waals surface area contributed by atoms with Crippen LogP contribution in [0.2, 0.25) is 0 Å². The number of piperidine rings is 1. The Balaban J connectivity index is 1.32. The van der Waals surface area contributed by atoms with E-state index in [4.69, 9.17) is 0 Å². The second-order valence-corrected chi connectivity index (χ2v) is 7.41. The Kier molecular flexibility index (Phi) is 3.94. The first kappa shape index (κ1) is 15.5. The van der Waals surface area contributed by atoms with E-state index in [1.165, 1.54) is 30.4 Å². The molecule has 3 amide bonds. The molecule has 3 atom stereocenters. The first-order chi connectivity index (χ1) is 11.7. The number of amides is 3. The maximum Gasteiger partial charge on any atom is 0.315 e. The number of hydrogen-bond donors (Lipinski definition) is 3. The Labute approximate surface area is 142 Å². The minimum Gasteiger partial charge on any atom is -0.354 e. The number of carbonyl (C=O) groups is 2. The molecular weight excluding hydrogens is 302 g/mol. The average molecular weight is 327 g/mol. The highest BCUT2D eigenvalue weighted by Gasteiger charge is 2.56. The summed E-state index contributed by atoms with van der Waals surface area (Å²) in [6.07, 6.45) is 6.44. The highest BCUT2D eigenvalue weighted by molar-refractivity contribution is 5.87. The summed E-state index contributed by atoms with van der Waals surface area (Å²) in [7, 11) is 0. The first-order valence-corrected chi connectivity index (χ1v) is 9.09. The molecule has 1 saturated carbocycles. The molecule has 24 heavy (non-hydrogen) atoms. The van der Waals surface area contributed by atoms with Gasteiger partial charge in [-0.25, -0.2) is 4.79 Å². The van der Waals surface area contributed by atoms with Crippen LogP contribution in [0.25, 0.3) is 0 Å². The molecule has 1 aromatic carbocycles. The Morgan fingerprint density at radius 3 is 3.04 bits per heavy atom. The summed E-state index contributed by atoms with van der Waals surface area (Å²) in [5.41, 5.74) is 3.26. The normalized spacial score (nSPS) is 31.1. The largest absolute Gasteiger partial charge is 0.354 e. The van der Waals surface area contributed by atoms with Crippen molar-refractivity contribution in [2.75, 3.05) is 13.1 Å². The monoisotopic (exact) mass is 327 g/mol. The molecule has 1 saturated heterocycles. The number of aryl methyl sites for hydroxylation is 1. The highest BCUT2D eigenvalue weighted by Crippen LogP contribution is 2.59. The van der Waals surface area contributed by atoms with Gasteiger partial charge in [0.1, 0.15) is 6.04 Å². The number of nitrogens with one attached hydrogen (secondary N) is 3. The summed E-state index contributed by atoms with van der Waals surface area (Å²) in [5.74, 6) is 0.449. The predicted molar refractivity (Wildman–Crippen MR) is 91.7 cm³/mol. The van der Waals surface area contributed by atoms with E-state index in [1.807, 2.05) is 0 Å². The zero-order valence-corrected chi connectivity index (χ0v) is 13.9. The molecule has 3 N–H and O–H groups in total. The minimum absolute atomic E-state index is 0.0690. The van der Waals surface area contributed by atoms with Crippen molar-refractivity contribution >= 4 is 11.9 Å². The maximum atomic E-state index is 12.1. The Morgan fingerprint density at radius 2 is 2.17 bits per heavy atom. The Bertz CT molecular complexity index is 660. The van der Waals surface area contributed by atoms with E-state index in [9.17, 15) is 9.59 Å². The third kappa shape index (κ3) is 2.76. The number of benzene rings is 1. The summed E-state index contributed by atoms with van der Waals surface area (Å²) in [5, 5.41) is 8.58. The number of hydrogen-bond acceptors (Lipinski definition) is 2. The lowest BCUT2D eigenvalue weighted by Gasteiger charge is -2.27. The van der Waals surface area contributed by atoms with Crippen LogP contribution in [0.15, 0.2) is 24.3 Å². The Morgan fingerprint density at radius 1 is 1.29 bits per heavy atom. The molecule has 0 radical (unpaired) electrons. The van der Waals surface area contributed by atoms with Gasteiger partial charge in [-0.1, -0.05) is 24.3 Å². The van der Waals surface area contributed by atoms with Crippen LogP contribution >= 0.6 is 0 Å². The van der Waals surface area contributed by atoms with Gasteiger partial charge in [-0.05, 0) is 55.6 Å². The molecule has 3 aliphatic rings. The van der Waals surface area contributed by atoms with Crippen molar-refractivity contribution in [2.45, 2.75) is 50.0 Å². The van der Waals surface area contributed by atoms with Gasteiger partial charge in [0, 0.05) is 18.5 Å². The fourth-order valence-corrected chi connectivity index (χ4v) is 4.57. The number of carbonyl (C=O) groups excluding carboxylic acids is 2. The third-order valence-electron chi connectivity index (χ3n) is 5.95. The number of rotatable bonds is 3. The van der Waals surface area contributed by atoms with Crippen molar-refractivity contribution in [2.24, 2.45) is 5.92 Å². The summed E-state index contributed by atoms with van der Waals surface area (Å²) < 4.78 is 0. The van der Waals surface area contributed by atoms with Crippen molar-refractivity contribution in [1.82, 2.24) is 16.0 Å². The predicted octanol–water partition coefficient (Wildman–Crippen LogP) is 1.86. The summed E-state index contributed by atoms with van der Waals surface area (Å²) in [4.78, 5) is 23.8. The van der Waals surface area contributed by atoms with Crippen LogP contribution in [0.5, 0.6) is 0 Å². The molecule has 4 rings (SSSR count).